The maximum Gasteiger partial charge on any atom is 0.340 e. The highest BCUT2D eigenvalue weighted by Gasteiger charge is 2.32. The molecule has 1 heterocycles. The van der Waals surface area contributed by atoms with E-state index in [2.05, 4.69) is 4.98 Å². The highest BCUT2D eigenvalue weighted by atomic mass is 16.5. The lowest BCUT2D eigenvalue weighted by molar-refractivity contribution is 0.0593. The molecule has 0 fully saturated rings. The van der Waals surface area contributed by atoms with E-state index in [9.17, 15) is 9.59 Å². The first-order chi connectivity index (χ1) is 9.38. The first-order valence-corrected chi connectivity index (χ1v) is 7.23. The molecular formula is C17H27NO3. The average molecular weight is 293 g/mol. The van der Waals surface area contributed by atoms with Crippen molar-refractivity contribution in [2.75, 3.05) is 7.11 Å². The summed E-state index contributed by atoms with van der Waals surface area (Å²) in [6, 6.07) is 0. The van der Waals surface area contributed by atoms with Gasteiger partial charge in [-0.3, -0.25) is 4.79 Å². The zero-order chi connectivity index (χ0) is 16.6. The summed E-state index contributed by atoms with van der Waals surface area (Å²) in [5.41, 5.74) is 1.95. The van der Waals surface area contributed by atoms with Crippen LogP contribution in [0.2, 0.25) is 0 Å². The molecule has 0 saturated carbocycles. The minimum Gasteiger partial charge on any atom is -0.465 e. The molecule has 0 bridgehead atoms. The zero-order valence-corrected chi connectivity index (χ0v) is 14.4. The van der Waals surface area contributed by atoms with Crippen LogP contribution < -0.4 is 0 Å². The Labute approximate surface area is 127 Å². The Morgan fingerprint density at radius 3 is 1.95 bits per heavy atom. The molecule has 0 saturated heterocycles. The number of H-pyrrole nitrogens is 1. The van der Waals surface area contributed by atoms with Crippen molar-refractivity contribution < 1.29 is 14.3 Å². The summed E-state index contributed by atoms with van der Waals surface area (Å²) < 4.78 is 4.90. The summed E-state index contributed by atoms with van der Waals surface area (Å²) in [5.74, 6) is -0.478. The van der Waals surface area contributed by atoms with Gasteiger partial charge < -0.3 is 9.72 Å². The Hall–Kier alpha value is -1.58. The minimum absolute atomic E-state index is 0.0212. The summed E-state index contributed by atoms with van der Waals surface area (Å²) >= 11 is 0. The smallest absolute Gasteiger partial charge is 0.340 e. The average Bonchev–Trinajstić information content (AvgIpc) is 2.63. The number of aromatic amines is 1. The van der Waals surface area contributed by atoms with E-state index in [1.165, 1.54) is 7.11 Å². The van der Waals surface area contributed by atoms with Crippen LogP contribution in [0.5, 0.6) is 0 Å². The number of ether oxygens (including phenoxy) is 1. The number of carbonyl (C=O) groups excluding carboxylic acids is 2. The molecule has 0 amide bonds. The van der Waals surface area contributed by atoms with Gasteiger partial charge in [0.15, 0.2) is 5.78 Å². The SMILES string of the molecule is COC(=O)c1c(C(C)(C)C)[nH]c(C)c1C(=O)CC(C)(C)C. The van der Waals surface area contributed by atoms with Gasteiger partial charge in [-0.15, -0.1) is 0 Å². The fourth-order valence-corrected chi connectivity index (χ4v) is 2.41. The van der Waals surface area contributed by atoms with E-state index < -0.39 is 5.97 Å². The Balaban J connectivity index is 3.48. The molecule has 4 nitrogen and oxygen atoms in total. The molecule has 0 radical (unpaired) electrons. The lowest BCUT2D eigenvalue weighted by atomic mass is 9.84. The first-order valence-electron chi connectivity index (χ1n) is 7.23. The van der Waals surface area contributed by atoms with E-state index in [0.717, 1.165) is 11.4 Å². The van der Waals surface area contributed by atoms with Gasteiger partial charge in [-0.05, 0) is 12.3 Å². The molecule has 118 valence electrons. The molecule has 1 aromatic heterocycles. The number of carbonyl (C=O) groups is 2. The maximum absolute atomic E-state index is 12.6. The third kappa shape index (κ3) is 3.96. The molecule has 0 aliphatic carbocycles. The van der Waals surface area contributed by atoms with Crippen LogP contribution >= 0.6 is 0 Å². The molecular weight excluding hydrogens is 266 g/mol. The molecule has 1 aromatic rings. The van der Waals surface area contributed by atoms with E-state index in [-0.39, 0.29) is 16.6 Å². The van der Waals surface area contributed by atoms with Crippen LogP contribution in [0.3, 0.4) is 0 Å². The largest absolute Gasteiger partial charge is 0.465 e. The topological polar surface area (TPSA) is 59.2 Å². The summed E-state index contributed by atoms with van der Waals surface area (Å²) in [4.78, 5) is 28.0. The molecule has 0 aromatic carbocycles. The Bertz CT molecular complexity index is 554. The lowest BCUT2D eigenvalue weighted by Crippen LogP contribution is -2.20. The molecule has 0 atom stereocenters. The minimum atomic E-state index is -0.457. The second kappa shape index (κ2) is 5.66. The van der Waals surface area contributed by atoms with Crippen molar-refractivity contribution in [3.63, 3.8) is 0 Å². The summed E-state index contributed by atoms with van der Waals surface area (Å²) in [7, 11) is 1.34. The predicted octanol–water partition coefficient (Wildman–Crippen LogP) is 4.03. The van der Waals surface area contributed by atoms with E-state index in [4.69, 9.17) is 4.74 Å². The third-order valence-electron chi connectivity index (χ3n) is 3.30. The Kier molecular flexibility index (Phi) is 4.71. The number of hydrogen-bond acceptors (Lipinski definition) is 3. The first kappa shape index (κ1) is 17.5. The molecule has 0 spiro atoms. The van der Waals surface area contributed by atoms with Gasteiger partial charge in [0.05, 0.1) is 18.2 Å². The van der Waals surface area contributed by atoms with Crippen molar-refractivity contribution in [2.24, 2.45) is 5.41 Å². The zero-order valence-electron chi connectivity index (χ0n) is 14.4. The summed E-state index contributed by atoms with van der Waals surface area (Å²) in [6.45, 7) is 13.9. The molecule has 4 heteroatoms. The fourth-order valence-electron chi connectivity index (χ4n) is 2.41. The van der Waals surface area contributed by atoms with Gasteiger partial charge in [-0.2, -0.15) is 0 Å². The molecule has 0 unspecified atom stereocenters. The van der Waals surface area contributed by atoms with Crippen LogP contribution in [-0.2, 0) is 10.2 Å². The number of Topliss-reactive ketones (excluding diaryl/α,β-unsaturated/α-hetero) is 1. The number of rotatable bonds is 3. The number of esters is 1. The second-order valence-corrected chi connectivity index (χ2v) is 7.78. The highest BCUT2D eigenvalue weighted by Crippen LogP contribution is 2.32. The van der Waals surface area contributed by atoms with Crippen molar-refractivity contribution in [1.82, 2.24) is 4.98 Å². The van der Waals surface area contributed by atoms with Crippen molar-refractivity contribution in [3.8, 4) is 0 Å². The van der Waals surface area contributed by atoms with Gasteiger partial charge >= 0.3 is 5.97 Å². The molecule has 1 N–H and O–H groups in total. The van der Waals surface area contributed by atoms with Crippen molar-refractivity contribution in [2.45, 2.75) is 60.3 Å². The van der Waals surface area contributed by atoms with Gasteiger partial charge in [0, 0.05) is 23.2 Å². The summed E-state index contributed by atoms with van der Waals surface area (Å²) in [6.07, 6.45) is 0.388. The Morgan fingerprint density at radius 1 is 1.05 bits per heavy atom. The summed E-state index contributed by atoms with van der Waals surface area (Å²) in [5, 5.41) is 0. The van der Waals surface area contributed by atoms with E-state index >= 15 is 0 Å². The third-order valence-corrected chi connectivity index (χ3v) is 3.30. The number of ketones is 1. The van der Waals surface area contributed by atoms with Gasteiger partial charge in [0.2, 0.25) is 0 Å². The number of nitrogens with one attached hydrogen (secondary N) is 1. The number of hydrogen-bond donors (Lipinski definition) is 1. The molecule has 1 rings (SSSR count). The number of methoxy groups -OCH3 is 1. The van der Waals surface area contributed by atoms with Crippen LogP contribution in [0.15, 0.2) is 0 Å². The van der Waals surface area contributed by atoms with Crippen LogP contribution in [0, 0.1) is 12.3 Å². The van der Waals surface area contributed by atoms with E-state index in [1.807, 2.05) is 48.5 Å². The normalized spacial score (nSPS) is 12.4. The van der Waals surface area contributed by atoms with Gasteiger partial charge in [-0.25, -0.2) is 4.79 Å². The van der Waals surface area contributed by atoms with Gasteiger partial charge in [-0.1, -0.05) is 41.5 Å². The van der Waals surface area contributed by atoms with Crippen molar-refractivity contribution in [3.05, 3.63) is 22.5 Å². The van der Waals surface area contributed by atoms with Crippen LogP contribution in [0.4, 0.5) is 0 Å². The maximum atomic E-state index is 12.6. The fraction of sp³-hybridized carbons (Fsp3) is 0.647. The highest BCUT2D eigenvalue weighted by molar-refractivity contribution is 6.08. The molecule has 21 heavy (non-hydrogen) atoms. The van der Waals surface area contributed by atoms with Crippen LogP contribution in [0.25, 0.3) is 0 Å². The van der Waals surface area contributed by atoms with E-state index in [1.54, 1.807) is 0 Å². The standard InChI is InChI=1S/C17H27NO3/c1-10-12(11(19)9-16(2,3)4)13(15(20)21-8)14(18-10)17(5,6)7/h18H,9H2,1-8H3. The molecule has 0 aliphatic heterocycles. The van der Waals surface area contributed by atoms with Crippen LogP contribution in [-0.4, -0.2) is 23.8 Å². The second-order valence-electron chi connectivity index (χ2n) is 7.78. The van der Waals surface area contributed by atoms with Gasteiger partial charge in [0.25, 0.3) is 0 Å². The number of aryl methyl sites for hydroxylation is 1. The number of aromatic nitrogens is 1. The van der Waals surface area contributed by atoms with Gasteiger partial charge in [0.1, 0.15) is 0 Å². The van der Waals surface area contributed by atoms with Crippen LogP contribution in [0.1, 0.15) is 80.1 Å². The monoisotopic (exact) mass is 293 g/mol. The van der Waals surface area contributed by atoms with Crippen molar-refractivity contribution in [1.29, 1.82) is 0 Å². The predicted molar refractivity (Wildman–Crippen MR) is 84.0 cm³/mol. The quantitative estimate of drug-likeness (QED) is 0.676. The van der Waals surface area contributed by atoms with Crippen molar-refractivity contribution >= 4 is 11.8 Å². The lowest BCUT2D eigenvalue weighted by Gasteiger charge is -2.19. The Morgan fingerprint density at radius 2 is 1.57 bits per heavy atom. The molecule has 0 aliphatic rings. The van der Waals surface area contributed by atoms with E-state index in [0.29, 0.717) is 17.5 Å².